The molecule has 0 spiro atoms. The molecule has 0 unspecified atom stereocenters. The van der Waals surface area contributed by atoms with Gasteiger partial charge in [0.1, 0.15) is 11.9 Å². The van der Waals surface area contributed by atoms with Gasteiger partial charge in [0.05, 0.1) is 6.04 Å². The summed E-state index contributed by atoms with van der Waals surface area (Å²) in [6.45, 7) is 5.35. The van der Waals surface area contributed by atoms with Crippen LogP contribution in [0, 0.1) is 0 Å². The molecule has 1 rings (SSSR count). The topological polar surface area (TPSA) is 55.4 Å². The van der Waals surface area contributed by atoms with E-state index in [0.29, 0.717) is 6.42 Å². The second-order valence-corrected chi connectivity index (χ2v) is 5.41. The molecular weight excluding hydrogens is 242 g/mol. The molecule has 1 amide bonds. The molecule has 4 nitrogen and oxygen atoms in total. The van der Waals surface area contributed by atoms with Crippen LogP contribution in [0.2, 0.25) is 0 Å². The lowest BCUT2D eigenvalue weighted by molar-refractivity contribution is -0.109. The fourth-order valence-electron chi connectivity index (χ4n) is 1.60. The van der Waals surface area contributed by atoms with Crippen LogP contribution >= 0.6 is 0 Å². The van der Waals surface area contributed by atoms with E-state index in [4.69, 9.17) is 4.74 Å². The summed E-state index contributed by atoms with van der Waals surface area (Å²) in [5.41, 5.74) is 0.581. The molecule has 0 aliphatic rings. The standard InChI is InChI=1S/C15H21NO3/c1-15(2,3)19-14(18)16-13(11-17)10-9-12-7-5-4-6-8-12/h4-8,11,13H,9-10H2,1-3H3,(H,16,18)/t13-/m0/s1. The zero-order chi connectivity index (χ0) is 14.3. The van der Waals surface area contributed by atoms with Crippen molar-refractivity contribution in [1.82, 2.24) is 5.32 Å². The zero-order valence-corrected chi connectivity index (χ0v) is 11.7. The number of benzene rings is 1. The second kappa shape index (κ2) is 6.92. The van der Waals surface area contributed by atoms with E-state index in [1.807, 2.05) is 30.3 Å². The lowest BCUT2D eigenvalue weighted by atomic mass is 10.1. The fraction of sp³-hybridized carbons (Fsp3) is 0.467. The summed E-state index contributed by atoms with van der Waals surface area (Å²) in [6.07, 6.45) is 1.48. The highest BCUT2D eigenvalue weighted by Crippen LogP contribution is 2.08. The van der Waals surface area contributed by atoms with Crippen LogP contribution in [0.5, 0.6) is 0 Å². The Morgan fingerprint density at radius 1 is 1.32 bits per heavy atom. The second-order valence-electron chi connectivity index (χ2n) is 5.41. The van der Waals surface area contributed by atoms with E-state index in [-0.39, 0.29) is 0 Å². The normalized spacial score (nSPS) is 12.6. The maximum Gasteiger partial charge on any atom is 0.408 e. The SMILES string of the molecule is CC(C)(C)OC(=O)N[C@H](C=O)CCc1ccccc1. The molecule has 0 bridgehead atoms. The van der Waals surface area contributed by atoms with E-state index in [0.717, 1.165) is 18.3 Å². The minimum atomic E-state index is -0.559. The van der Waals surface area contributed by atoms with Gasteiger partial charge in [-0.2, -0.15) is 0 Å². The maximum atomic E-state index is 11.5. The minimum absolute atomic E-state index is 0.518. The lowest BCUT2D eigenvalue weighted by Gasteiger charge is -2.21. The van der Waals surface area contributed by atoms with E-state index in [2.05, 4.69) is 5.32 Å². The Labute approximate surface area is 114 Å². The number of nitrogens with one attached hydrogen (secondary N) is 1. The van der Waals surface area contributed by atoms with Crippen molar-refractivity contribution in [2.75, 3.05) is 0 Å². The smallest absolute Gasteiger partial charge is 0.408 e. The number of aryl methyl sites for hydroxylation is 1. The first kappa shape index (κ1) is 15.2. The summed E-state index contributed by atoms with van der Waals surface area (Å²) in [5, 5.41) is 2.56. The average Bonchev–Trinajstić information content (AvgIpc) is 2.33. The predicted molar refractivity (Wildman–Crippen MR) is 74.0 cm³/mol. The number of carbonyl (C=O) groups is 2. The van der Waals surface area contributed by atoms with Crippen molar-refractivity contribution in [3.63, 3.8) is 0 Å². The molecule has 1 N–H and O–H groups in total. The maximum absolute atomic E-state index is 11.5. The number of hydrogen-bond acceptors (Lipinski definition) is 3. The molecule has 0 radical (unpaired) electrons. The molecular formula is C15H21NO3. The van der Waals surface area contributed by atoms with Gasteiger partial charge in [-0.05, 0) is 39.2 Å². The molecule has 0 aromatic heterocycles. The van der Waals surface area contributed by atoms with Crippen molar-refractivity contribution < 1.29 is 14.3 Å². The summed E-state index contributed by atoms with van der Waals surface area (Å²) in [4.78, 5) is 22.5. The molecule has 0 saturated heterocycles. The van der Waals surface area contributed by atoms with Gasteiger partial charge in [-0.1, -0.05) is 30.3 Å². The van der Waals surface area contributed by atoms with E-state index in [9.17, 15) is 9.59 Å². The number of hydrogen-bond donors (Lipinski definition) is 1. The van der Waals surface area contributed by atoms with Gasteiger partial charge in [-0.3, -0.25) is 0 Å². The van der Waals surface area contributed by atoms with E-state index in [1.54, 1.807) is 20.8 Å². The summed E-state index contributed by atoms with van der Waals surface area (Å²) in [7, 11) is 0. The minimum Gasteiger partial charge on any atom is -0.444 e. The third-order valence-corrected chi connectivity index (χ3v) is 2.45. The van der Waals surface area contributed by atoms with Crippen molar-refractivity contribution in [2.45, 2.75) is 45.3 Å². The first-order chi connectivity index (χ1) is 8.90. The van der Waals surface area contributed by atoms with Crippen LogP contribution in [0.15, 0.2) is 30.3 Å². The van der Waals surface area contributed by atoms with Crippen LogP contribution in [0.4, 0.5) is 4.79 Å². The number of amides is 1. The van der Waals surface area contributed by atoms with E-state index in [1.165, 1.54) is 0 Å². The molecule has 1 aromatic carbocycles. The van der Waals surface area contributed by atoms with Gasteiger partial charge in [0, 0.05) is 0 Å². The van der Waals surface area contributed by atoms with Gasteiger partial charge in [-0.15, -0.1) is 0 Å². The highest BCUT2D eigenvalue weighted by molar-refractivity contribution is 5.73. The zero-order valence-electron chi connectivity index (χ0n) is 11.7. The Morgan fingerprint density at radius 2 is 1.95 bits per heavy atom. The highest BCUT2D eigenvalue weighted by Gasteiger charge is 2.18. The van der Waals surface area contributed by atoms with Crippen LogP contribution in [-0.4, -0.2) is 24.0 Å². The van der Waals surface area contributed by atoms with Crippen LogP contribution in [-0.2, 0) is 16.0 Å². The van der Waals surface area contributed by atoms with Crippen molar-refractivity contribution in [3.05, 3.63) is 35.9 Å². The van der Waals surface area contributed by atoms with Crippen LogP contribution in [0.1, 0.15) is 32.8 Å². The van der Waals surface area contributed by atoms with Crippen molar-refractivity contribution in [3.8, 4) is 0 Å². The molecule has 1 aromatic rings. The van der Waals surface area contributed by atoms with Gasteiger partial charge in [0.2, 0.25) is 0 Å². The van der Waals surface area contributed by atoms with Crippen LogP contribution in [0.25, 0.3) is 0 Å². The first-order valence-corrected chi connectivity index (χ1v) is 6.39. The molecule has 19 heavy (non-hydrogen) atoms. The Kier molecular flexibility index (Phi) is 5.55. The van der Waals surface area contributed by atoms with Gasteiger partial charge < -0.3 is 14.8 Å². The van der Waals surface area contributed by atoms with Gasteiger partial charge in [-0.25, -0.2) is 4.79 Å². The molecule has 0 saturated carbocycles. The first-order valence-electron chi connectivity index (χ1n) is 6.39. The van der Waals surface area contributed by atoms with Crippen molar-refractivity contribution >= 4 is 12.4 Å². The van der Waals surface area contributed by atoms with Crippen molar-refractivity contribution in [1.29, 1.82) is 0 Å². The summed E-state index contributed by atoms with van der Waals surface area (Å²) in [5.74, 6) is 0. The van der Waals surface area contributed by atoms with E-state index >= 15 is 0 Å². The third kappa shape index (κ3) is 6.60. The van der Waals surface area contributed by atoms with E-state index < -0.39 is 17.7 Å². The molecule has 1 atom stereocenters. The predicted octanol–water partition coefficient (Wildman–Crippen LogP) is 2.71. The summed E-state index contributed by atoms with van der Waals surface area (Å²) in [6, 6.07) is 9.32. The molecule has 0 fully saturated rings. The Bertz CT molecular complexity index is 409. The Morgan fingerprint density at radius 3 is 2.47 bits per heavy atom. The number of rotatable bonds is 5. The third-order valence-electron chi connectivity index (χ3n) is 2.45. The molecule has 0 aliphatic heterocycles. The summed E-state index contributed by atoms with van der Waals surface area (Å²) >= 11 is 0. The van der Waals surface area contributed by atoms with Crippen LogP contribution < -0.4 is 5.32 Å². The average molecular weight is 263 g/mol. The van der Waals surface area contributed by atoms with Gasteiger partial charge in [0.25, 0.3) is 0 Å². The molecule has 4 heteroatoms. The van der Waals surface area contributed by atoms with Gasteiger partial charge in [0.15, 0.2) is 0 Å². The fourth-order valence-corrected chi connectivity index (χ4v) is 1.60. The number of alkyl carbamates (subject to hydrolysis) is 1. The van der Waals surface area contributed by atoms with Gasteiger partial charge >= 0.3 is 6.09 Å². The molecule has 0 aliphatic carbocycles. The Hall–Kier alpha value is -1.84. The lowest BCUT2D eigenvalue weighted by Crippen LogP contribution is -2.40. The van der Waals surface area contributed by atoms with Crippen molar-refractivity contribution in [2.24, 2.45) is 0 Å². The highest BCUT2D eigenvalue weighted by atomic mass is 16.6. The number of carbonyl (C=O) groups excluding carboxylic acids is 2. The van der Waals surface area contributed by atoms with Crippen LogP contribution in [0.3, 0.4) is 0 Å². The Balaban J connectivity index is 2.42. The summed E-state index contributed by atoms with van der Waals surface area (Å²) < 4.78 is 5.11. The largest absolute Gasteiger partial charge is 0.444 e. The molecule has 104 valence electrons. The number of aldehydes is 1. The molecule has 0 heterocycles. The number of ether oxygens (including phenoxy) is 1. The monoisotopic (exact) mass is 263 g/mol. The quantitative estimate of drug-likeness (QED) is 0.831.